The van der Waals surface area contributed by atoms with Crippen molar-refractivity contribution in [3.05, 3.63) is 36.0 Å². The van der Waals surface area contributed by atoms with Gasteiger partial charge in [-0.25, -0.2) is 0 Å². The zero-order valence-corrected chi connectivity index (χ0v) is 15.9. The van der Waals surface area contributed by atoms with Crippen LogP contribution in [0.3, 0.4) is 0 Å². The van der Waals surface area contributed by atoms with E-state index in [-0.39, 0.29) is 0 Å². The van der Waals surface area contributed by atoms with Crippen molar-refractivity contribution in [1.29, 1.82) is 0 Å². The summed E-state index contributed by atoms with van der Waals surface area (Å²) >= 11 is 4.45. The average molecular weight is 345 g/mol. The third-order valence-electron chi connectivity index (χ3n) is 7.56. The summed E-state index contributed by atoms with van der Waals surface area (Å²) in [6.45, 7) is 7.27. The van der Waals surface area contributed by atoms with Crippen LogP contribution in [0.1, 0.15) is 45.4 Å². The predicted molar refractivity (Wildman–Crippen MR) is 104 cm³/mol. The lowest BCUT2D eigenvalue weighted by molar-refractivity contribution is 0.0539. The largest absolute Gasteiger partial charge is 0.139 e. The van der Waals surface area contributed by atoms with Crippen molar-refractivity contribution in [3.63, 3.8) is 0 Å². The van der Waals surface area contributed by atoms with E-state index in [9.17, 15) is 0 Å². The molecule has 1 saturated heterocycles. The molecule has 3 fully saturated rings. The summed E-state index contributed by atoms with van der Waals surface area (Å²) in [4.78, 5) is 0. The van der Waals surface area contributed by atoms with E-state index in [0.717, 1.165) is 23.7 Å². The molecule has 23 heavy (non-hydrogen) atoms. The van der Waals surface area contributed by atoms with E-state index in [1.54, 1.807) is 11.1 Å². The van der Waals surface area contributed by atoms with E-state index < -0.39 is 0 Å². The topological polar surface area (TPSA) is 0 Å². The summed E-state index contributed by atoms with van der Waals surface area (Å²) in [6, 6.07) is 0. The Morgan fingerprint density at radius 2 is 2.04 bits per heavy atom. The quantitative estimate of drug-likeness (QED) is 0.489. The molecule has 0 amide bonds. The number of hydrogen-bond donors (Lipinski definition) is 0. The molecule has 1 aliphatic heterocycles. The van der Waals surface area contributed by atoms with Crippen LogP contribution in [0.4, 0.5) is 0 Å². The maximum Gasteiger partial charge on any atom is 0.0854 e. The van der Waals surface area contributed by atoms with E-state index in [4.69, 9.17) is 0 Å². The van der Waals surface area contributed by atoms with Gasteiger partial charge in [0.1, 0.15) is 0 Å². The number of allylic oxidation sites excluding steroid dienone is 4. The zero-order chi connectivity index (χ0) is 15.7. The van der Waals surface area contributed by atoms with Crippen LogP contribution in [0.2, 0.25) is 0 Å². The molecule has 0 bridgehead atoms. The summed E-state index contributed by atoms with van der Waals surface area (Å²) in [5, 5.41) is 0. The van der Waals surface area contributed by atoms with Crippen LogP contribution in [0.25, 0.3) is 0 Å². The van der Waals surface area contributed by atoms with Gasteiger partial charge in [-0.2, -0.15) is 0 Å². The molecule has 0 N–H and O–H groups in total. The summed E-state index contributed by atoms with van der Waals surface area (Å²) in [5.41, 5.74) is 3.80. The van der Waals surface area contributed by atoms with E-state index in [1.807, 2.05) is 0 Å². The van der Waals surface area contributed by atoms with Crippen molar-refractivity contribution >= 4 is 23.5 Å². The lowest BCUT2D eigenvalue weighted by atomic mass is 9.51. The Morgan fingerprint density at radius 1 is 1.22 bits per heavy atom. The second kappa shape index (κ2) is 5.21. The fourth-order valence-corrected chi connectivity index (χ4v) is 10.2. The summed E-state index contributed by atoms with van der Waals surface area (Å²) in [5.74, 6) is 5.93. The highest BCUT2D eigenvalue weighted by Gasteiger charge is 2.62. The molecular formula is C21H28S2. The van der Waals surface area contributed by atoms with Gasteiger partial charge in [0, 0.05) is 16.9 Å². The van der Waals surface area contributed by atoms with E-state index in [0.29, 0.717) is 9.49 Å². The van der Waals surface area contributed by atoms with Gasteiger partial charge in [0.25, 0.3) is 0 Å². The molecule has 0 aromatic rings. The first kappa shape index (κ1) is 15.2. The van der Waals surface area contributed by atoms with Gasteiger partial charge in [-0.05, 0) is 62.2 Å². The SMILES string of the molecule is C=C1C[C@@]2(C)[C@@H](C=CC23SCCS3)[C@@H]2CCC3=CCCC[C@@H]3[C@@H]12. The molecule has 124 valence electrons. The monoisotopic (exact) mass is 344 g/mol. The van der Waals surface area contributed by atoms with Crippen molar-refractivity contribution in [2.24, 2.45) is 29.1 Å². The van der Waals surface area contributed by atoms with Crippen LogP contribution in [0, 0.1) is 29.1 Å². The Hall–Kier alpha value is -0.0800. The van der Waals surface area contributed by atoms with Crippen LogP contribution in [-0.2, 0) is 0 Å². The number of fused-ring (bicyclic) bond motifs is 6. The molecule has 0 aromatic heterocycles. The number of hydrogen-bond acceptors (Lipinski definition) is 2. The fraction of sp³-hybridized carbons (Fsp3) is 0.714. The normalized spacial score (nSPS) is 47.2. The van der Waals surface area contributed by atoms with Gasteiger partial charge in [-0.1, -0.05) is 42.9 Å². The van der Waals surface area contributed by atoms with Gasteiger partial charge in [0.05, 0.1) is 4.08 Å². The molecular weight excluding hydrogens is 316 g/mol. The summed E-state index contributed by atoms with van der Waals surface area (Å²) in [7, 11) is 0. The first-order chi connectivity index (χ1) is 11.1. The molecule has 0 nitrogen and oxygen atoms in total. The fourth-order valence-electron chi connectivity index (χ4n) is 6.63. The minimum Gasteiger partial charge on any atom is -0.139 e. The van der Waals surface area contributed by atoms with Gasteiger partial charge < -0.3 is 0 Å². The highest BCUT2D eigenvalue weighted by molar-refractivity contribution is 8.21. The van der Waals surface area contributed by atoms with E-state index in [2.05, 4.69) is 55.3 Å². The minimum atomic E-state index is 0.355. The lowest BCUT2D eigenvalue weighted by Gasteiger charge is -2.56. The Balaban J connectivity index is 1.53. The van der Waals surface area contributed by atoms with Gasteiger partial charge >= 0.3 is 0 Å². The van der Waals surface area contributed by atoms with Gasteiger partial charge in [-0.15, -0.1) is 23.5 Å². The zero-order valence-electron chi connectivity index (χ0n) is 14.2. The van der Waals surface area contributed by atoms with Gasteiger partial charge in [-0.3, -0.25) is 0 Å². The average Bonchev–Trinajstić information content (AvgIpc) is 3.14. The number of thioether (sulfide) groups is 2. The Morgan fingerprint density at radius 3 is 2.87 bits per heavy atom. The van der Waals surface area contributed by atoms with Crippen LogP contribution in [-0.4, -0.2) is 15.6 Å². The number of rotatable bonds is 0. The van der Waals surface area contributed by atoms with Crippen LogP contribution in [0.15, 0.2) is 36.0 Å². The molecule has 5 rings (SSSR count). The first-order valence-electron chi connectivity index (χ1n) is 9.48. The van der Waals surface area contributed by atoms with Crippen LogP contribution in [0.5, 0.6) is 0 Å². The standard InChI is InChI=1S/C21H28S2/c1-14-13-20(2)18(9-10-21(20)22-11-12-23-21)17-8-7-15-5-3-4-6-16(15)19(14)17/h5,9-10,16-19H,1,3-4,6-8,11-13H2,2H3/t16-,17-,18-,19+,20-/m0/s1. The Labute approximate surface area is 149 Å². The first-order valence-corrected chi connectivity index (χ1v) is 11.5. The molecule has 5 aliphatic rings. The lowest BCUT2D eigenvalue weighted by Crippen LogP contribution is -2.51. The summed E-state index contributed by atoms with van der Waals surface area (Å²) < 4.78 is 0.355. The molecule has 1 heterocycles. The van der Waals surface area contributed by atoms with E-state index >= 15 is 0 Å². The molecule has 2 saturated carbocycles. The van der Waals surface area contributed by atoms with Crippen molar-refractivity contribution in [2.75, 3.05) is 11.5 Å². The third-order valence-corrected chi connectivity index (χ3v) is 11.4. The van der Waals surface area contributed by atoms with E-state index in [1.165, 1.54) is 50.0 Å². The molecule has 1 spiro atoms. The van der Waals surface area contributed by atoms with Crippen molar-refractivity contribution in [1.82, 2.24) is 0 Å². The maximum atomic E-state index is 4.68. The Bertz CT molecular complexity index is 595. The molecule has 4 aliphatic carbocycles. The third kappa shape index (κ3) is 1.94. The summed E-state index contributed by atoms with van der Waals surface area (Å²) in [6.07, 6.45) is 16.0. The predicted octanol–water partition coefficient (Wildman–Crippen LogP) is 6.07. The molecule has 0 radical (unpaired) electrons. The van der Waals surface area contributed by atoms with Crippen LogP contribution >= 0.6 is 23.5 Å². The van der Waals surface area contributed by atoms with Crippen molar-refractivity contribution < 1.29 is 0 Å². The molecule has 2 heteroatoms. The van der Waals surface area contributed by atoms with Gasteiger partial charge in [0.15, 0.2) is 0 Å². The molecule has 0 unspecified atom stereocenters. The molecule has 5 atom stereocenters. The Kier molecular flexibility index (Phi) is 3.44. The van der Waals surface area contributed by atoms with Gasteiger partial charge in [0.2, 0.25) is 0 Å². The van der Waals surface area contributed by atoms with Crippen LogP contribution < -0.4 is 0 Å². The smallest absolute Gasteiger partial charge is 0.0854 e. The van der Waals surface area contributed by atoms with Crippen molar-refractivity contribution in [2.45, 2.75) is 49.5 Å². The second-order valence-electron chi connectivity index (χ2n) is 8.55. The highest BCUT2D eigenvalue weighted by atomic mass is 32.2. The molecule has 0 aromatic carbocycles. The second-order valence-corrected chi connectivity index (χ2v) is 11.5. The maximum absolute atomic E-state index is 4.68. The minimum absolute atomic E-state index is 0.355. The highest BCUT2D eigenvalue weighted by Crippen LogP contribution is 2.70. The van der Waals surface area contributed by atoms with Crippen molar-refractivity contribution in [3.8, 4) is 0 Å².